The van der Waals surface area contributed by atoms with Crippen molar-refractivity contribution in [2.45, 2.75) is 33.4 Å². The van der Waals surface area contributed by atoms with E-state index < -0.39 is 0 Å². The summed E-state index contributed by atoms with van der Waals surface area (Å²) in [5.41, 5.74) is 2.37. The van der Waals surface area contributed by atoms with Gasteiger partial charge in [-0.05, 0) is 37.9 Å². The van der Waals surface area contributed by atoms with Gasteiger partial charge in [-0.15, -0.1) is 0 Å². The molecule has 2 atom stereocenters. The number of hydrogen-bond acceptors (Lipinski definition) is 3. The molecule has 1 fully saturated rings. The molecular weight excluding hydrogens is 260 g/mol. The summed E-state index contributed by atoms with van der Waals surface area (Å²) < 4.78 is 6.04. The predicted octanol–water partition coefficient (Wildman–Crippen LogP) is 3.63. The second-order valence-corrected chi connectivity index (χ2v) is 6.51. The quantitative estimate of drug-likeness (QED) is 0.930. The first-order valence-corrected chi connectivity index (χ1v) is 8.05. The second-order valence-electron chi connectivity index (χ2n) is 6.51. The van der Waals surface area contributed by atoms with E-state index in [1.165, 1.54) is 30.5 Å². The van der Waals surface area contributed by atoms with Gasteiger partial charge in [0.05, 0.1) is 6.54 Å². The lowest BCUT2D eigenvalue weighted by Gasteiger charge is -2.35. The Morgan fingerprint density at radius 1 is 1.24 bits per heavy atom. The number of benzene rings is 1. The third-order valence-electron chi connectivity index (χ3n) is 4.92. The maximum atomic E-state index is 6.04. The van der Waals surface area contributed by atoms with E-state index in [0.717, 1.165) is 36.3 Å². The highest BCUT2D eigenvalue weighted by molar-refractivity contribution is 5.82. The monoisotopic (exact) mass is 286 g/mol. The predicted molar refractivity (Wildman–Crippen MR) is 87.2 cm³/mol. The van der Waals surface area contributed by atoms with Crippen molar-refractivity contribution in [3.05, 3.63) is 35.6 Å². The van der Waals surface area contributed by atoms with Crippen molar-refractivity contribution in [1.82, 2.24) is 10.2 Å². The molecule has 0 saturated carbocycles. The van der Waals surface area contributed by atoms with Crippen LogP contribution in [0, 0.1) is 11.8 Å². The Kier molecular flexibility index (Phi) is 4.32. The Balaban J connectivity index is 1.86. The summed E-state index contributed by atoms with van der Waals surface area (Å²) in [5.74, 6) is 2.72. The first-order chi connectivity index (χ1) is 10.2. The molecular formula is C18H26N2O. The zero-order valence-electron chi connectivity index (χ0n) is 13.4. The largest absolute Gasteiger partial charge is 0.459 e. The van der Waals surface area contributed by atoms with E-state index in [4.69, 9.17) is 4.42 Å². The molecule has 3 nitrogen and oxygen atoms in total. The van der Waals surface area contributed by atoms with Gasteiger partial charge < -0.3 is 9.73 Å². The fraction of sp³-hybridized carbons (Fsp3) is 0.556. The van der Waals surface area contributed by atoms with Crippen LogP contribution in [0.4, 0.5) is 0 Å². The molecule has 0 bridgehead atoms. The first kappa shape index (κ1) is 14.6. The summed E-state index contributed by atoms with van der Waals surface area (Å²) in [6.07, 6.45) is 1.30. The first-order valence-electron chi connectivity index (χ1n) is 8.05. The number of hydrogen-bond donors (Lipinski definition) is 1. The molecule has 1 N–H and O–H groups in total. The van der Waals surface area contributed by atoms with Gasteiger partial charge in [0.15, 0.2) is 0 Å². The molecule has 2 aromatic rings. The fourth-order valence-corrected chi connectivity index (χ4v) is 3.34. The van der Waals surface area contributed by atoms with Crippen LogP contribution in [0.15, 0.2) is 28.7 Å². The molecule has 1 aromatic carbocycles. The lowest BCUT2D eigenvalue weighted by Crippen LogP contribution is -2.38. The van der Waals surface area contributed by atoms with E-state index in [0.29, 0.717) is 0 Å². The number of piperidine rings is 1. The molecule has 1 aliphatic rings. The van der Waals surface area contributed by atoms with Crippen molar-refractivity contribution in [1.29, 1.82) is 0 Å². The molecule has 21 heavy (non-hydrogen) atoms. The molecule has 1 aliphatic heterocycles. The highest BCUT2D eigenvalue weighted by Gasteiger charge is 2.24. The summed E-state index contributed by atoms with van der Waals surface area (Å²) in [7, 11) is 1.97. The SMILES string of the molecule is CNCc1oc2ccccc2c1CN1CCC(C)C(C)C1. The van der Waals surface area contributed by atoms with Crippen molar-refractivity contribution >= 4 is 11.0 Å². The van der Waals surface area contributed by atoms with E-state index in [9.17, 15) is 0 Å². The van der Waals surface area contributed by atoms with Crippen LogP contribution in [0.25, 0.3) is 11.0 Å². The molecule has 2 heterocycles. The molecule has 1 saturated heterocycles. The number of fused-ring (bicyclic) bond motifs is 1. The zero-order valence-corrected chi connectivity index (χ0v) is 13.4. The molecule has 3 rings (SSSR count). The van der Waals surface area contributed by atoms with Crippen LogP contribution in [0.5, 0.6) is 0 Å². The van der Waals surface area contributed by atoms with Crippen LogP contribution in [-0.4, -0.2) is 25.0 Å². The van der Waals surface area contributed by atoms with Gasteiger partial charge in [-0.25, -0.2) is 0 Å². The molecule has 114 valence electrons. The smallest absolute Gasteiger partial charge is 0.134 e. The maximum absolute atomic E-state index is 6.04. The minimum atomic E-state index is 0.782. The highest BCUT2D eigenvalue weighted by Crippen LogP contribution is 2.29. The van der Waals surface area contributed by atoms with E-state index in [1.807, 2.05) is 13.1 Å². The molecule has 1 aromatic heterocycles. The van der Waals surface area contributed by atoms with Crippen molar-refractivity contribution in [3.63, 3.8) is 0 Å². The lowest BCUT2D eigenvalue weighted by atomic mass is 9.88. The molecule has 0 amide bonds. The van der Waals surface area contributed by atoms with Crippen LogP contribution in [0.2, 0.25) is 0 Å². The Morgan fingerprint density at radius 2 is 2.05 bits per heavy atom. The Labute approximate surface area is 127 Å². The maximum Gasteiger partial charge on any atom is 0.134 e. The molecule has 0 spiro atoms. The average molecular weight is 286 g/mol. The highest BCUT2D eigenvalue weighted by atomic mass is 16.3. The summed E-state index contributed by atoms with van der Waals surface area (Å²) in [6, 6.07) is 8.40. The van der Waals surface area contributed by atoms with Gasteiger partial charge >= 0.3 is 0 Å². The fourth-order valence-electron chi connectivity index (χ4n) is 3.34. The van der Waals surface area contributed by atoms with E-state index in [1.54, 1.807) is 0 Å². The van der Waals surface area contributed by atoms with Crippen LogP contribution < -0.4 is 5.32 Å². The van der Waals surface area contributed by atoms with E-state index >= 15 is 0 Å². The number of nitrogens with one attached hydrogen (secondary N) is 1. The number of para-hydroxylation sites is 1. The van der Waals surface area contributed by atoms with Crippen molar-refractivity contribution in [2.75, 3.05) is 20.1 Å². The Bertz CT molecular complexity index is 604. The van der Waals surface area contributed by atoms with Crippen molar-refractivity contribution in [2.24, 2.45) is 11.8 Å². The summed E-state index contributed by atoms with van der Waals surface area (Å²) in [5, 5.41) is 4.50. The van der Waals surface area contributed by atoms with Gasteiger partial charge in [0.2, 0.25) is 0 Å². The van der Waals surface area contributed by atoms with Crippen molar-refractivity contribution in [3.8, 4) is 0 Å². The van der Waals surface area contributed by atoms with Crippen LogP contribution in [0.1, 0.15) is 31.6 Å². The molecule has 3 heteroatoms. The Morgan fingerprint density at radius 3 is 2.81 bits per heavy atom. The van der Waals surface area contributed by atoms with Gasteiger partial charge in [-0.2, -0.15) is 0 Å². The summed E-state index contributed by atoms with van der Waals surface area (Å²) in [6.45, 7) is 8.94. The minimum Gasteiger partial charge on any atom is -0.459 e. The number of likely N-dealkylation sites (tertiary alicyclic amines) is 1. The lowest BCUT2D eigenvalue weighted by molar-refractivity contribution is 0.132. The van der Waals surface area contributed by atoms with Gasteiger partial charge in [0.1, 0.15) is 11.3 Å². The zero-order chi connectivity index (χ0) is 14.8. The van der Waals surface area contributed by atoms with Gasteiger partial charge in [0.25, 0.3) is 0 Å². The third kappa shape index (κ3) is 2.99. The average Bonchev–Trinajstić information content (AvgIpc) is 2.81. The standard InChI is InChI=1S/C18H26N2O/c1-13-8-9-20(11-14(13)2)12-16-15-6-4-5-7-17(15)21-18(16)10-19-3/h4-7,13-14,19H,8-12H2,1-3H3. The minimum absolute atomic E-state index is 0.782. The van der Waals surface area contributed by atoms with E-state index in [-0.39, 0.29) is 0 Å². The van der Waals surface area contributed by atoms with Gasteiger partial charge in [0, 0.05) is 24.0 Å². The number of nitrogens with zero attached hydrogens (tertiary/aromatic N) is 1. The van der Waals surface area contributed by atoms with Crippen molar-refractivity contribution < 1.29 is 4.42 Å². The van der Waals surface area contributed by atoms with Crippen LogP contribution in [-0.2, 0) is 13.1 Å². The topological polar surface area (TPSA) is 28.4 Å². The Hall–Kier alpha value is -1.32. The third-order valence-corrected chi connectivity index (χ3v) is 4.92. The van der Waals surface area contributed by atoms with E-state index in [2.05, 4.69) is 42.3 Å². The summed E-state index contributed by atoms with van der Waals surface area (Å²) in [4.78, 5) is 2.58. The van der Waals surface area contributed by atoms with Crippen LogP contribution >= 0.6 is 0 Å². The number of rotatable bonds is 4. The summed E-state index contributed by atoms with van der Waals surface area (Å²) >= 11 is 0. The normalized spacial score (nSPS) is 23.8. The molecule has 2 unspecified atom stereocenters. The van der Waals surface area contributed by atoms with Crippen LogP contribution in [0.3, 0.4) is 0 Å². The molecule has 0 aliphatic carbocycles. The van der Waals surface area contributed by atoms with Gasteiger partial charge in [-0.3, -0.25) is 4.90 Å². The van der Waals surface area contributed by atoms with Gasteiger partial charge in [-0.1, -0.05) is 32.0 Å². The molecule has 0 radical (unpaired) electrons. The number of furan rings is 1. The second kappa shape index (κ2) is 6.20.